The smallest absolute Gasteiger partial charge is 0.317 e. The van der Waals surface area contributed by atoms with Crippen molar-refractivity contribution in [2.24, 2.45) is 5.92 Å². The molecule has 0 heterocycles. The van der Waals surface area contributed by atoms with Crippen LogP contribution in [0.1, 0.15) is 37.7 Å². The monoisotopic (exact) mass is 376 g/mol. The van der Waals surface area contributed by atoms with Gasteiger partial charge in [-0.05, 0) is 44.0 Å². The summed E-state index contributed by atoms with van der Waals surface area (Å²) in [5, 5.41) is 12.1. The highest BCUT2D eigenvalue weighted by Gasteiger charge is 2.47. The number of ether oxygens (including phenoxy) is 2. The van der Waals surface area contributed by atoms with Crippen molar-refractivity contribution in [3.05, 3.63) is 23.8 Å². The molecule has 3 rings (SSSR count). The lowest BCUT2D eigenvalue weighted by molar-refractivity contribution is -0.139. The van der Waals surface area contributed by atoms with Gasteiger partial charge in [0.1, 0.15) is 11.5 Å². The highest BCUT2D eigenvalue weighted by Crippen LogP contribution is 2.51. The average molecular weight is 376 g/mol. The third-order valence-corrected chi connectivity index (χ3v) is 5.68. The number of nitrogens with zero attached hydrogens (tertiary/aromatic N) is 1. The maximum atomic E-state index is 12.6. The van der Waals surface area contributed by atoms with Gasteiger partial charge in [0.25, 0.3) is 0 Å². The number of likely N-dealkylation sites (N-methyl/N-ethyl adjacent to an activating group) is 1. The second kappa shape index (κ2) is 8.17. The fourth-order valence-corrected chi connectivity index (χ4v) is 3.94. The first-order chi connectivity index (χ1) is 13.0. The highest BCUT2D eigenvalue weighted by atomic mass is 16.5. The van der Waals surface area contributed by atoms with E-state index < -0.39 is 5.97 Å². The predicted octanol–water partition coefficient (Wildman–Crippen LogP) is 1.86. The van der Waals surface area contributed by atoms with Crippen LogP contribution in [0.5, 0.6) is 11.5 Å². The number of aliphatic carboxylic acids is 1. The minimum atomic E-state index is -0.808. The van der Waals surface area contributed by atoms with E-state index in [1.807, 2.05) is 30.0 Å². The number of carbonyl (C=O) groups excluding carboxylic acids is 1. The largest absolute Gasteiger partial charge is 0.497 e. The molecule has 2 atom stereocenters. The van der Waals surface area contributed by atoms with Crippen molar-refractivity contribution in [1.82, 2.24) is 10.2 Å². The average Bonchev–Trinajstić information content (AvgIpc) is 3.42. The lowest BCUT2D eigenvalue weighted by Crippen LogP contribution is -2.55. The number of hydrogen-bond donors (Lipinski definition) is 2. The maximum absolute atomic E-state index is 12.6. The summed E-state index contributed by atoms with van der Waals surface area (Å²) >= 11 is 0. The van der Waals surface area contributed by atoms with Crippen LogP contribution in [0, 0.1) is 5.92 Å². The van der Waals surface area contributed by atoms with Crippen LogP contribution in [0.25, 0.3) is 0 Å². The van der Waals surface area contributed by atoms with Crippen LogP contribution in [0.3, 0.4) is 0 Å². The second-order valence-electron chi connectivity index (χ2n) is 7.34. The Balaban J connectivity index is 1.51. The van der Waals surface area contributed by atoms with Crippen molar-refractivity contribution in [3.8, 4) is 11.5 Å². The maximum Gasteiger partial charge on any atom is 0.317 e. The summed E-state index contributed by atoms with van der Waals surface area (Å²) in [6.07, 6.45) is 2.44. The van der Waals surface area contributed by atoms with Gasteiger partial charge in [-0.15, -0.1) is 0 Å². The zero-order valence-electron chi connectivity index (χ0n) is 16.1. The van der Waals surface area contributed by atoms with Gasteiger partial charge in [-0.3, -0.25) is 14.5 Å². The van der Waals surface area contributed by atoms with E-state index in [0.29, 0.717) is 6.54 Å². The number of hydrogen-bond acceptors (Lipinski definition) is 5. The number of amides is 1. The molecule has 7 heteroatoms. The quantitative estimate of drug-likeness (QED) is 0.684. The van der Waals surface area contributed by atoms with Crippen LogP contribution < -0.4 is 14.8 Å². The molecule has 0 spiro atoms. The standard InChI is InChI=1S/C20H28N2O5/c1-4-22(11-19(23)24)13-7-12(8-13)21-20(25)17-10-15(17)16-9-14(26-2)5-6-18(16)27-3/h5-6,9,12-13,15,17H,4,7-8,10-11H2,1-3H3,(H,21,25)(H,23,24). The van der Waals surface area contributed by atoms with Gasteiger partial charge in [0.2, 0.25) is 5.91 Å². The summed E-state index contributed by atoms with van der Waals surface area (Å²) in [5.41, 5.74) is 1.02. The molecule has 2 aliphatic carbocycles. The molecule has 27 heavy (non-hydrogen) atoms. The van der Waals surface area contributed by atoms with E-state index in [2.05, 4.69) is 5.32 Å². The Morgan fingerprint density at radius 3 is 2.56 bits per heavy atom. The summed E-state index contributed by atoms with van der Waals surface area (Å²) in [5.74, 6) is 0.937. The molecule has 2 fully saturated rings. The number of carbonyl (C=O) groups is 2. The summed E-state index contributed by atoms with van der Waals surface area (Å²) < 4.78 is 10.7. The molecule has 2 N–H and O–H groups in total. The van der Waals surface area contributed by atoms with E-state index in [-0.39, 0.29) is 36.4 Å². The first-order valence-corrected chi connectivity index (χ1v) is 9.44. The summed E-state index contributed by atoms with van der Waals surface area (Å²) in [6.45, 7) is 2.73. The van der Waals surface area contributed by atoms with Gasteiger partial charge in [0.15, 0.2) is 0 Å². The van der Waals surface area contributed by atoms with Crippen LogP contribution in [-0.2, 0) is 9.59 Å². The van der Waals surface area contributed by atoms with Gasteiger partial charge in [-0.1, -0.05) is 6.92 Å². The molecule has 0 aliphatic heterocycles. The van der Waals surface area contributed by atoms with Gasteiger partial charge in [0, 0.05) is 29.5 Å². The zero-order chi connectivity index (χ0) is 19.6. The van der Waals surface area contributed by atoms with Crippen molar-refractivity contribution < 1.29 is 24.2 Å². The van der Waals surface area contributed by atoms with E-state index in [0.717, 1.165) is 36.3 Å². The fraction of sp³-hybridized carbons (Fsp3) is 0.600. The minimum absolute atomic E-state index is 0.0358. The van der Waals surface area contributed by atoms with E-state index in [9.17, 15) is 9.59 Å². The summed E-state index contributed by atoms with van der Waals surface area (Å²) in [7, 11) is 3.26. The van der Waals surface area contributed by atoms with Crippen molar-refractivity contribution in [2.45, 2.75) is 44.2 Å². The number of carboxylic acid groups (broad SMARTS) is 1. The highest BCUT2D eigenvalue weighted by molar-refractivity contribution is 5.83. The fourth-order valence-electron chi connectivity index (χ4n) is 3.94. The van der Waals surface area contributed by atoms with Crippen molar-refractivity contribution in [3.63, 3.8) is 0 Å². The molecule has 2 unspecified atom stereocenters. The third-order valence-electron chi connectivity index (χ3n) is 5.68. The summed E-state index contributed by atoms with van der Waals surface area (Å²) in [4.78, 5) is 25.4. The zero-order valence-corrected chi connectivity index (χ0v) is 16.1. The Labute approximate surface area is 159 Å². The molecule has 1 aromatic rings. The first-order valence-electron chi connectivity index (χ1n) is 9.44. The molecule has 0 radical (unpaired) electrons. The van der Waals surface area contributed by atoms with Gasteiger partial charge >= 0.3 is 5.97 Å². The predicted molar refractivity (Wildman–Crippen MR) is 100 cm³/mol. The molecule has 0 aromatic heterocycles. The molecule has 1 amide bonds. The number of rotatable bonds is 9. The van der Waals surface area contributed by atoms with E-state index in [4.69, 9.17) is 14.6 Å². The molecule has 2 saturated carbocycles. The van der Waals surface area contributed by atoms with Crippen LogP contribution in [0.4, 0.5) is 0 Å². The van der Waals surface area contributed by atoms with Crippen LogP contribution in [0.15, 0.2) is 18.2 Å². The van der Waals surface area contributed by atoms with Crippen LogP contribution in [0.2, 0.25) is 0 Å². The van der Waals surface area contributed by atoms with E-state index in [1.54, 1.807) is 14.2 Å². The minimum Gasteiger partial charge on any atom is -0.497 e. The van der Waals surface area contributed by atoms with Gasteiger partial charge in [-0.2, -0.15) is 0 Å². The lowest BCUT2D eigenvalue weighted by Gasteiger charge is -2.42. The third kappa shape index (κ3) is 4.35. The van der Waals surface area contributed by atoms with Gasteiger partial charge in [0.05, 0.1) is 20.8 Å². The van der Waals surface area contributed by atoms with E-state index in [1.165, 1.54) is 0 Å². The first kappa shape index (κ1) is 19.5. The Hall–Kier alpha value is -2.28. The van der Waals surface area contributed by atoms with Crippen LogP contribution >= 0.6 is 0 Å². The molecule has 2 aliphatic rings. The molecule has 0 saturated heterocycles. The number of carboxylic acids is 1. The topological polar surface area (TPSA) is 88.1 Å². The Kier molecular flexibility index (Phi) is 5.89. The van der Waals surface area contributed by atoms with Crippen molar-refractivity contribution >= 4 is 11.9 Å². The normalized spacial score (nSPS) is 26.2. The van der Waals surface area contributed by atoms with Gasteiger partial charge in [-0.25, -0.2) is 0 Å². The summed E-state index contributed by atoms with van der Waals surface area (Å²) in [6, 6.07) is 6.05. The molecule has 1 aromatic carbocycles. The SMILES string of the molecule is CCN(CC(=O)O)C1CC(NC(=O)C2CC2c2cc(OC)ccc2OC)C1. The Morgan fingerprint density at radius 1 is 1.22 bits per heavy atom. The number of methoxy groups -OCH3 is 2. The Bertz CT molecular complexity index is 702. The second-order valence-corrected chi connectivity index (χ2v) is 7.34. The van der Waals surface area contributed by atoms with Crippen molar-refractivity contribution in [2.75, 3.05) is 27.3 Å². The molecule has 0 bridgehead atoms. The molecular formula is C20H28N2O5. The lowest BCUT2D eigenvalue weighted by atomic mass is 9.85. The molecule has 148 valence electrons. The number of nitrogens with one attached hydrogen (secondary N) is 1. The molecule has 7 nitrogen and oxygen atoms in total. The van der Waals surface area contributed by atoms with Gasteiger partial charge < -0.3 is 19.9 Å². The molecular weight excluding hydrogens is 348 g/mol. The van der Waals surface area contributed by atoms with Crippen molar-refractivity contribution in [1.29, 1.82) is 0 Å². The number of benzene rings is 1. The van der Waals surface area contributed by atoms with E-state index >= 15 is 0 Å². The Morgan fingerprint density at radius 2 is 1.96 bits per heavy atom. The van der Waals surface area contributed by atoms with Crippen LogP contribution in [-0.4, -0.2) is 61.3 Å².